The molecule has 33 heavy (non-hydrogen) atoms. The molecule has 0 bridgehead atoms. The summed E-state index contributed by atoms with van der Waals surface area (Å²) >= 11 is 7.81. The van der Waals surface area contributed by atoms with Crippen molar-refractivity contribution in [1.29, 1.82) is 0 Å². The summed E-state index contributed by atoms with van der Waals surface area (Å²) in [6.07, 6.45) is 10.8. The number of hydrogen-bond acceptors (Lipinski definition) is 6. The van der Waals surface area contributed by atoms with Gasteiger partial charge in [-0.1, -0.05) is 43.5 Å². The minimum absolute atomic E-state index is 0.0832. The van der Waals surface area contributed by atoms with Crippen LogP contribution in [0.1, 0.15) is 57.1 Å². The Morgan fingerprint density at radius 1 is 1.27 bits per heavy atom. The third kappa shape index (κ3) is 5.88. The molecule has 1 aromatic carbocycles. The maximum Gasteiger partial charge on any atom is 0.336 e. The van der Waals surface area contributed by atoms with E-state index in [0.717, 1.165) is 24.4 Å². The van der Waals surface area contributed by atoms with Gasteiger partial charge in [0.25, 0.3) is 0 Å². The fourth-order valence-electron chi connectivity index (χ4n) is 5.91. The lowest BCUT2D eigenvalue weighted by molar-refractivity contribution is -0.147. The zero-order chi connectivity index (χ0) is 24.0. The van der Waals surface area contributed by atoms with Gasteiger partial charge in [0.2, 0.25) is 0 Å². The molecular weight excluding hydrogens is 454 g/mol. The smallest absolute Gasteiger partial charge is 0.336 e. The minimum atomic E-state index is -0.782. The zero-order valence-electron chi connectivity index (χ0n) is 20.8. The summed E-state index contributed by atoms with van der Waals surface area (Å²) in [6, 6.07) is 8.83. The van der Waals surface area contributed by atoms with Gasteiger partial charge in [0, 0.05) is 23.4 Å². The summed E-state index contributed by atoms with van der Waals surface area (Å²) in [6.45, 7) is 3.11. The van der Waals surface area contributed by atoms with Crippen molar-refractivity contribution in [3.63, 3.8) is 0 Å². The lowest BCUT2D eigenvalue weighted by Gasteiger charge is -2.41. The zero-order valence-corrected chi connectivity index (χ0v) is 22.4. The number of halogens is 1. The molecule has 1 saturated carbocycles. The van der Waals surface area contributed by atoms with Gasteiger partial charge in [-0.3, -0.25) is 4.99 Å². The van der Waals surface area contributed by atoms with E-state index in [0.29, 0.717) is 23.6 Å². The van der Waals surface area contributed by atoms with Crippen LogP contribution in [-0.2, 0) is 9.53 Å². The maximum atomic E-state index is 12.9. The van der Waals surface area contributed by atoms with Crippen LogP contribution in [0.4, 0.5) is 0 Å². The van der Waals surface area contributed by atoms with E-state index in [1.54, 1.807) is 11.8 Å². The van der Waals surface area contributed by atoms with Crippen LogP contribution in [0.3, 0.4) is 0 Å². The third-order valence-electron chi connectivity index (χ3n) is 7.44. The van der Waals surface area contributed by atoms with E-state index in [4.69, 9.17) is 21.3 Å². The Balaban J connectivity index is 1.71. The maximum absolute atomic E-state index is 12.9. The first-order chi connectivity index (χ1) is 15.9. The highest BCUT2D eigenvalue weighted by Gasteiger charge is 2.52. The topological polar surface area (TPSA) is 45.1 Å². The Bertz CT molecular complexity index is 795. The van der Waals surface area contributed by atoms with Crippen molar-refractivity contribution >= 4 is 35.7 Å². The van der Waals surface area contributed by atoms with Crippen LogP contribution in [0.2, 0.25) is 5.02 Å². The molecule has 0 saturated heterocycles. The van der Waals surface area contributed by atoms with E-state index in [9.17, 15) is 4.79 Å². The number of methoxy groups -OCH3 is 1. The summed E-state index contributed by atoms with van der Waals surface area (Å²) in [5.41, 5.74) is 0.561. The number of carbonyl (C=O) groups excluding carboxylic acids is 1. The van der Waals surface area contributed by atoms with Crippen LogP contribution in [0, 0.1) is 11.8 Å². The molecule has 3 rings (SSSR count). The van der Waals surface area contributed by atoms with Crippen molar-refractivity contribution in [2.45, 2.75) is 63.1 Å². The van der Waals surface area contributed by atoms with Gasteiger partial charge >= 0.3 is 5.97 Å². The number of carbonyl (C=O) groups is 1. The normalized spacial score (nSPS) is 28.3. The molecule has 0 amide bonds. The Labute approximate surface area is 209 Å². The molecule has 5 nitrogen and oxygen atoms in total. The largest absolute Gasteiger partial charge is 0.467 e. The van der Waals surface area contributed by atoms with Gasteiger partial charge in [-0.05, 0) is 75.6 Å². The van der Waals surface area contributed by atoms with E-state index in [1.807, 2.05) is 24.7 Å². The van der Waals surface area contributed by atoms with Gasteiger partial charge in [0.1, 0.15) is 0 Å². The SMILES string of the molecule is CCCN1C=NC(CSC)(C(=O)OC)C1CC1CCC(C(c2ccc(Cl)cc2)N(C)C)CC1. The highest BCUT2D eigenvalue weighted by atomic mass is 35.5. The predicted molar refractivity (Wildman–Crippen MR) is 140 cm³/mol. The standard InChI is InChI=1S/C26H40ClN3O2S/c1-6-15-30-18-28-26(17-33-5,25(31)32-4)23(30)16-19-7-9-20(10-8-19)24(29(2)3)21-11-13-22(27)14-12-21/h11-14,18-20,23-24H,6-10,15-17H2,1-5H3. The van der Waals surface area contributed by atoms with Crippen molar-refractivity contribution < 1.29 is 9.53 Å². The Morgan fingerprint density at radius 2 is 1.94 bits per heavy atom. The van der Waals surface area contributed by atoms with Gasteiger partial charge in [-0.15, -0.1) is 0 Å². The second kappa shape index (κ2) is 11.9. The summed E-state index contributed by atoms with van der Waals surface area (Å²) in [4.78, 5) is 22.4. The van der Waals surface area contributed by atoms with Gasteiger partial charge in [0.15, 0.2) is 5.54 Å². The van der Waals surface area contributed by atoms with E-state index >= 15 is 0 Å². The average molecular weight is 494 g/mol. The van der Waals surface area contributed by atoms with Crippen LogP contribution in [0.15, 0.2) is 29.3 Å². The molecule has 184 valence electrons. The molecule has 7 heteroatoms. The van der Waals surface area contributed by atoms with Crippen molar-refractivity contribution in [3.8, 4) is 0 Å². The van der Waals surface area contributed by atoms with Crippen LogP contribution in [0.25, 0.3) is 0 Å². The predicted octanol–water partition coefficient (Wildman–Crippen LogP) is 5.54. The quantitative estimate of drug-likeness (QED) is 0.400. The Morgan fingerprint density at radius 3 is 2.48 bits per heavy atom. The van der Waals surface area contributed by atoms with Gasteiger partial charge < -0.3 is 14.5 Å². The van der Waals surface area contributed by atoms with Gasteiger partial charge in [0.05, 0.1) is 19.5 Å². The molecule has 1 heterocycles. The number of nitrogens with zero attached hydrogens (tertiary/aromatic N) is 3. The van der Waals surface area contributed by atoms with Crippen LogP contribution in [-0.4, -0.2) is 73.4 Å². The number of rotatable bonds is 10. The molecule has 3 unspecified atom stereocenters. The molecular formula is C26H40ClN3O2S. The molecule has 0 radical (unpaired) electrons. The minimum Gasteiger partial charge on any atom is -0.467 e. The first-order valence-corrected chi connectivity index (χ1v) is 13.9. The molecule has 1 aliphatic carbocycles. The number of aliphatic imine (C=N–C) groups is 1. The highest BCUT2D eigenvalue weighted by molar-refractivity contribution is 7.98. The van der Waals surface area contributed by atoms with Gasteiger partial charge in [-0.2, -0.15) is 11.8 Å². The van der Waals surface area contributed by atoms with Crippen molar-refractivity contribution in [3.05, 3.63) is 34.9 Å². The molecule has 1 aliphatic heterocycles. The van der Waals surface area contributed by atoms with Crippen molar-refractivity contribution in [2.24, 2.45) is 16.8 Å². The first-order valence-electron chi connectivity index (χ1n) is 12.2. The fraction of sp³-hybridized carbons (Fsp3) is 0.692. The molecule has 0 N–H and O–H groups in total. The monoisotopic (exact) mass is 493 g/mol. The van der Waals surface area contributed by atoms with Gasteiger partial charge in [-0.25, -0.2) is 4.79 Å². The molecule has 2 aliphatic rings. The molecule has 1 aromatic rings. The van der Waals surface area contributed by atoms with Crippen molar-refractivity contribution in [1.82, 2.24) is 9.80 Å². The Kier molecular flexibility index (Phi) is 9.54. The highest BCUT2D eigenvalue weighted by Crippen LogP contribution is 2.43. The van der Waals surface area contributed by atoms with Crippen LogP contribution >= 0.6 is 23.4 Å². The van der Waals surface area contributed by atoms with E-state index in [-0.39, 0.29) is 12.0 Å². The lowest BCUT2D eigenvalue weighted by Crippen LogP contribution is -2.54. The third-order valence-corrected chi connectivity index (χ3v) is 8.42. The number of ether oxygens (including phenoxy) is 1. The van der Waals surface area contributed by atoms with Crippen molar-refractivity contribution in [2.75, 3.05) is 39.8 Å². The van der Waals surface area contributed by atoms with E-state index in [2.05, 4.69) is 43.0 Å². The summed E-state index contributed by atoms with van der Waals surface area (Å²) in [7, 11) is 5.84. The number of thioether (sulfide) groups is 1. The second-order valence-corrected chi connectivity index (χ2v) is 11.1. The molecule has 3 atom stereocenters. The van der Waals surface area contributed by atoms with E-state index in [1.165, 1.54) is 38.4 Å². The van der Waals surface area contributed by atoms with E-state index < -0.39 is 5.54 Å². The summed E-state index contributed by atoms with van der Waals surface area (Å²) in [5.74, 6) is 1.70. The number of hydrogen-bond donors (Lipinski definition) is 0. The molecule has 0 aromatic heterocycles. The lowest BCUT2D eigenvalue weighted by atomic mass is 9.73. The molecule has 1 fully saturated rings. The fourth-order valence-corrected chi connectivity index (χ4v) is 6.86. The number of benzene rings is 1. The first kappa shape index (κ1) is 26.4. The Hall–Kier alpha value is -1.24. The van der Waals surface area contributed by atoms with Crippen LogP contribution < -0.4 is 0 Å². The second-order valence-electron chi connectivity index (χ2n) is 9.82. The average Bonchev–Trinajstić information content (AvgIpc) is 3.14. The number of esters is 1. The summed E-state index contributed by atoms with van der Waals surface area (Å²) < 4.78 is 5.26. The molecule has 0 spiro atoms. The van der Waals surface area contributed by atoms with Crippen LogP contribution in [0.5, 0.6) is 0 Å². The summed E-state index contributed by atoms with van der Waals surface area (Å²) in [5, 5.41) is 0.787.